The average molecular weight is 227 g/mol. The number of carboxylic acids is 1. The first kappa shape index (κ1) is 12.7. The van der Waals surface area contributed by atoms with Gasteiger partial charge in [0.15, 0.2) is 0 Å². The Hall–Kier alpha value is -2.34. The summed E-state index contributed by atoms with van der Waals surface area (Å²) >= 11 is 0. The minimum absolute atomic E-state index is 0.272. The molecule has 3 heteroatoms. The van der Waals surface area contributed by atoms with E-state index >= 15 is 0 Å². The third-order valence-electron chi connectivity index (χ3n) is 2.29. The Kier molecular flexibility index (Phi) is 4.71. The highest BCUT2D eigenvalue weighted by Crippen LogP contribution is 2.07. The van der Waals surface area contributed by atoms with Gasteiger partial charge in [-0.1, -0.05) is 43.3 Å². The maximum absolute atomic E-state index is 10.5. The topological polar surface area (TPSA) is 61.1 Å². The third kappa shape index (κ3) is 3.96. The summed E-state index contributed by atoms with van der Waals surface area (Å²) in [5.41, 5.74) is 1.95. The number of carboxylic acid groups (broad SMARTS) is 1. The molecule has 0 saturated carbocycles. The maximum atomic E-state index is 10.5. The van der Waals surface area contributed by atoms with E-state index in [1.165, 1.54) is 11.6 Å². The van der Waals surface area contributed by atoms with Crippen molar-refractivity contribution in [2.24, 2.45) is 0 Å². The number of hydrogen-bond acceptors (Lipinski definition) is 2. The summed E-state index contributed by atoms with van der Waals surface area (Å²) in [5, 5.41) is 17.1. The Morgan fingerprint density at radius 3 is 2.53 bits per heavy atom. The number of rotatable bonds is 4. The summed E-state index contributed by atoms with van der Waals surface area (Å²) in [6.45, 7) is 2.08. The zero-order chi connectivity index (χ0) is 12.7. The third-order valence-corrected chi connectivity index (χ3v) is 2.29. The predicted octanol–water partition coefficient (Wildman–Crippen LogP) is 2.80. The van der Waals surface area contributed by atoms with Crippen LogP contribution in [-0.2, 0) is 11.2 Å². The van der Waals surface area contributed by atoms with Crippen molar-refractivity contribution >= 4 is 12.0 Å². The molecule has 1 aromatic carbocycles. The van der Waals surface area contributed by atoms with Gasteiger partial charge in [0.05, 0.1) is 0 Å². The van der Waals surface area contributed by atoms with Crippen LogP contribution >= 0.6 is 0 Å². The lowest BCUT2D eigenvalue weighted by molar-refractivity contribution is -0.132. The van der Waals surface area contributed by atoms with E-state index in [4.69, 9.17) is 10.4 Å². The summed E-state index contributed by atoms with van der Waals surface area (Å²) in [5.74, 6) is -1.21. The quantitative estimate of drug-likeness (QED) is 0.488. The molecule has 0 bridgehead atoms. The zero-order valence-corrected chi connectivity index (χ0v) is 9.55. The van der Waals surface area contributed by atoms with Crippen molar-refractivity contribution in [2.45, 2.75) is 13.3 Å². The number of carbonyl (C=O) groups is 1. The highest BCUT2D eigenvalue weighted by molar-refractivity contribution is 5.91. The molecule has 0 heterocycles. The van der Waals surface area contributed by atoms with E-state index in [9.17, 15) is 4.79 Å². The van der Waals surface area contributed by atoms with Crippen molar-refractivity contribution in [3.63, 3.8) is 0 Å². The number of hydrogen-bond donors (Lipinski definition) is 1. The molecule has 0 aliphatic carbocycles. The van der Waals surface area contributed by atoms with Crippen LogP contribution < -0.4 is 0 Å². The van der Waals surface area contributed by atoms with Crippen LogP contribution in [0.4, 0.5) is 0 Å². The SMILES string of the molecule is CCc1ccc(/C=C/C=C(\C#N)C(=O)O)cc1. The maximum Gasteiger partial charge on any atom is 0.346 e. The minimum atomic E-state index is -1.21. The van der Waals surface area contributed by atoms with Crippen molar-refractivity contribution in [3.05, 3.63) is 53.1 Å². The van der Waals surface area contributed by atoms with Crippen LogP contribution in [0.2, 0.25) is 0 Å². The van der Waals surface area contributed by atoms with Gasteiger partial charge in [0.25, 0.3) is 0 Å². The summed E-state index contributed by atoms with van der Waals surface area (Å²) in [6, 6.07) is 9.56. The minimum Gasteiger partial charge on any atom is -0.477 e. The molecule has 0 saturated heterocycles. The van der Waals surface area contributed by atoms with Crippen LogP contribution in [0.5, 0.6) is 0 Å². The van der Waals surface area contributed by atoms with E-state index in [2.05, 4.69) is 6.92 Å². The van der Waals surface area contributed by atoms with Gasteiger partial charge in [0, 0.05) is 0 Å². The Labute approximate surface area is 100 Å². The molecule has 0 unspecified atom stereocenters. The van der Waals surface area contributed by atoms with Gasteiger partial charge in [-0.05, 0) is 23.6 Å². The standard InChI is InChI=1S/C14H13NO2/c1-2-11-6-8-12(9-7-11)4-3-5-13(10-15)14(16)17/h3-9H,2H2,1H3,(H,16,17)/b4-3+,13-5+. The number of nitrogens with zero attached hydrogens (tertiary/aromatic N) is 1. The summed E-state index contributed by atoms with van der Waals surface area (Å²) < 4.78 is 0. The van der Waals surface area contributed by atoms with Gasteiger partial charge >= 0.3 is 5.97 Å². The van der Waals surface area contributed by atoms with Gasteiger partial charge in [-0.25, -0.2) is 4.79 Å². The fraction of sp³-hybridized carbons (Fsp3) is 0.143. The number of nitriles is 1. The Bertz CT molecular complexity index is 490. The molecule has 1 N–H and O–H groups in total. The lowest BCUT2D eigenvalue weighted by atomic mass is 10.1. The molecular formula is C14H13NO2. The molecule has 0 spiro atoms. The largest absolute Gasteiger partial charge is 0.477 e. The molecule has 0 radical (unpaired) electrons. The molecule has 0 amide bonds. The van der Waals surface area contributed by atoms with Crippen molar-refractivity contribution in [1.82, 2.24) is 0 Å². The van der Waals surface area contributed by atoms with Crippen LogP contribution in [0.1, 0.15) is 18.1 Å². The molecule has 0 aliphatic rings. The Morgan fingerprint density at radius 2 is 2.06 bits per heavy atom. The van der Waals surface area contributed by atoms with E-state index in [0.717, 1.165) is 12.0 Å². The van der Waals surface area contributed by atoms with Crippen molar-refractivity contribution < 1.29 is 9.90 Å². The fourth-order valence-corrected chi connectivity index (χ4v) is 1.28. The summed E-state index contributed by atoms with van der Waals surface area (Å²) in [6.07, 6.45) is 5.60. The van der Waals surface area contributed by atoms with Gasteiger partial charge in [-0.2, -0.15) is 5.26 Å². The molecule has 0 fully saturated rings. The normalized spacial score (nSPS) is 11.4. The van der Waals surface area contributed by atoms with Gasteiger partial charge in [-0.3, -0.25) is 0 Å². The average Bonchev–Trinajstić information content (AvgIpc) is 2.35. The molecule has 86 valence electrons. The van der Waals surface area contributed by atoms with E-state index < -0.39 is 5.97 Å². The van der Waals surface area contributed by atoms with Crippen molar-refractivity contribution in [1.29, 1.82) is 5.26 Å². The Morgan fingerprint density at radius 1 is 1.41 bits per heavy atom. The highest BCUT2D eigenvalue weighted by atomic mass is 16.4. The van der Waals surface area contributed by atoms with E-state index in [-0.39, 0.29) is 5.57 Å². The van der Waals surface area contributed by atoms with Crippen molar-refractivity contribution in [2.75, 3.05) is 0 Å². The van der Waals surface area contributed by atoms with E-state index in [1.54, 1.807) is 18.2 Å². The second-order valence-corrected chi connectivity index (χ2v) is 3.45. The van der Waals surface area contributed by atoms with Crippen LogP contribution in [0, 0.1) is 11.3 Å². The molecule has 0 aromatic heterocycles. The van der Waals surface area contributed by atoms with E-state index in [0.29, 0.717) is 0 Å². The first-order valence-corrected chi connectivity index (χ1v) is 5.28. The lowest BCUT2D eigenvalue weighted by Gasteiger charge is -1.96. The van der Waals surface area contributed by atoms with Gasteiger partial charge in [0.2, 0.25) is 0 Å². The lowest BCUT2D eigenvalue weighted by Crippen LogP contribution is -1.96. The molecule has 1 aromatic rings. The van der Waals surface area contributed by atoms with Crippen LogP contribution in [0.3, 0.4) is 0 Å². The van der Waals surface area contributed by atoms with Gasteiger partial charge in [0.1, 0.15) is 11.6 Å². The molecule has 17 heavy (non-hydrogen) atoms. The summed E-state index contributed by atoms with van der Waals surface area (Å²) in [7, 11) is 0. The van der Waals surface area contributed by atoms with Crippen molar-refractivity contribution in [3.8, 4) is 6.07 Å². The molecule has 0 aliphatic heterocycles. The number of aliphatic carboxylic acids is 1. The molecule has 3 nitrogen and oxygen atoms in total. The molecule has 1 rings (SSSR count). The van der Waals surface area contributed by atoms with Crippen LogP contribution in [0.25, 0.3) is 6.08 Å². The highest BCUT2D eigenvalue weighted by Gasteiger charge is 2.02. The number of aryl methyl sites for hydroxylation is 1. The first-order chi connectivity index (χ1) is 8.17. The monoisotopic (exact) mass is 227 g/mol. The van der Waals surface area contributed by atoms with E-state index in [1.807, 2.05) is 24.3 Å². The van der Waals surface area contributed by atoms with Gasteiger partial charge in [-0.15, -0.1) is 0 Å². The number of benzene rings is 1. The Balaban J connectivity index is 2.77. The molecular weight excluding hydrogens is 214 g/mol. The number of allylic oxidation sites excluding steroid dienone is 2. The molecule has 0 atom stereocenters. The first-order valence-electron chi connectivity index (χ1n) is 5.28. The predicted molar refractivity (Wildman–Crippen MR) is 66.2 cm³/mol. The smallest absolute Gasteiger partial charge is 0.346 e. The van der Waals surface area contributed by atoms with Crippen LogP contribution in [0.15, 0.2) is 42.0 Å². The fourth-order valence-electron chi connectivity index (χ4n) is 1.28. The van der Waals surface area contributed by atoms with Crippen LogP contribution in [-0.4, -0.2) is 11.1 Å². The second-order valence-electron chi connectivity index (χ2n) is 3.45. The second kappa shape index (κ2) is 6.29. The van der Waals surface area contributed by atoms with Gasteiger partial charge < -0.3 is 5.11 Å². The summed E-state index contributed by atoms with van der Waals surface area (Å²) in [4.78, 5) is 10.5. The zero-order valence-electron chi connectivity index (χ0n) is 9.55.